The van der Waals surface area contributed by atoms with Gasteiger partial charge < -0.3 is 24.7 Å². The summed E-state index contributed by atoms with van der Waals surface area (Å²) in [4.78, 5) is 6.25. The number of rotatable bonds is 3. The first-order valence-electron chi connectivity index (χ1n) is 5.57. The minimum atomic E-state index is -1.83. The highest BCUT2D eigenvalue weighted by Crippen LogP contribution is 2.20. The normalized spacial score (nSPS) is 17.0. The van der Waals surface area contributed by atoms with Crippen molar-refractivity contribution in [3.8, 4) is 5.75 Å². The second-order valence-corrected chi connectivity index (χ2v) is 4.01. The molecule has 2 rings (SSSR count). The van der Waals surface area contributed by atoms with Gasteiger partial charge in [0, 0.05) is 13.1 Å². The molecule has 0 aliphatic carbocycles. The van der Waals surface area contributed by atoms with Crippen LogP contribution in [0.5, 0.6) is 5.75 Å². The molecule has 0 spiro atoms. The summed E-state index contributed by atoms with van der Waals surface area (Å²) in [5.74, 6) is 1.11. The zero-order chi connectivity index (χ0) is 12.3. The molecule has 0 atom stereocenters. The van der Waals surface area contributed by atoms with E-state index in [-0.39, 0.29) is 6.10 Å². The highest BCUT2D eigenvalue weighted by atomic mass is 16.6. The zero-order valence-corrected chi connectivity index (χ0v) is 9.36. The number of aliphatic hydroxyl groups excluding tert-OH is 1. The zero-order valence-electron chi connectivity index (χ0n) is 9.36. The Morgan fingerprint density at radius 2 is 2.00 bits per heavy atom. The Morgan fingerprint density at radius 1 is 1.29 bits per heavy atom. The van der Waals surface area contributed by atoms with Gasteiger partial charge in [-0.05, 0) is 25.0 Å². The molecule has 0 aromatic carbocycles. The van der Waals surface area contributed by atoms with Crippen LogP contribution in [-0.4, -0.2) is 46.7 Å². The van der Waals surface area contributed by atoms with Crippen molar-refractivity contribution in [3.63, 3.8) is 0 Å². The average molecular weight is 238 g/mol. The van der Waals surface area contributed by atoms with Gasteiger partial charge in [0.25, 0.3) is 0 Å². The van der Waals surface area contributed by atoms with E-state index in [1.807, 2.05) is 0 Å². The smallest absolute Gasteiger partial charge is 0.511 e. The third-order valence-electron chi connectivity index (χ3n) is 2.75. The summed E-state index contributed by atoms with van der Waals surface area (Å²) in [6.45, 7) is 1.55. The minimum Gasteiger partial charge on any atom is -0.511 e. The molecule has 1 fully saturated rings. The number of nitrogens with zero attached hydrogens (tertiary/aromatic N) is 2. The Balaban J connectivity index is 1.97. The number of pyridine rings is 1. The molecule has 1 saturated heterocycles. The fourth-order valence-corrected chi connectivity index (χ4v) is 1.85. The largest absolute Gasteiger partial charge is 0.707 e. The number of aromatic nitrogens is 1. The fourth-order valence-electron chi connectivity index (χ4n) is 1.85. The monoisotopic (exact) mass is 238 g/mol. The van der Waals surface area contributed by atoms with Crippen LogP contribution in [-0.2, 0) is 0 Å². The summed E-state index contributed by atoms with van der Waals surface area (Å²) in [6, 6.07) is 3.39. The molecule has 3 N–H and O–H groups in total. The van der Waals surface area contributed by atoms with E-state index < -0.39 is 7.32 Å². The molecule has 1 aliphatic rings. The van der Waals surface area contributed by atoms with E-state index in [0.29, 0.717) is 5.75 Å². The molecular weight excluding hydrogens is 223 g/mol. The number of anilines is 1. The SMILES string of the molecule is OB(O)Oc1ccc(N2CCC(O)CC2)nc1. The predicted octanol–water partition coefficient (Wildman–Crippen LogP) is -0.609. The standard InChI is InChI=1S/C10H15BN2O4/c14-8-3-5-13(6-4-8)10-2-1-9(7-12-10)17-11(15)16/h1-2,7-8,14-16H,3-6H2. The second-order valence-electron chi connectivity index (χ2n) is 4.01. The molecule has 2 heterocycles. The number of aliphatic hydroxyl groups is 1. The van der Waals surface area contributed by atoms with Gasteiger partial charge in [-0.15, -0.1) is 0 Å². The summed E-state index contributed by atoms with van der Waals surface area (Å²) in [6.07, 6.45) is 2.73. The Hall–Kier alpha value is -1.31. The van der Waals surface area contributed by atoms with E-state index in [0.717, 1.165) is 31.7 Å². The number of piperidine rings is 1. The van der Waals surface area contributed by atoms with Crippen LogP contribution < -0.4 is 9.55 Å². The molecule has 0 unspecified atom stereocenters. The molecule has 0 radical (unpaired) electrons. The van der Waals surface area contributed by atoms with Crippen LogP contribution in [0.15, 0.2) is 18.3 Å². The van der Waals surface area contributed by atoms with Gasteiger partial charge in [0.15, 0.2) is 0 Å². The lowest BCUT2D eigenvalue weighted by Gasteiger charge is -2.30. The predicted molar refractivity (Wildman–Crippen MR) is 62.5 cm³/mol. The lowest BCUT2D eigenvalue weighted by Crippen LogP contribution is -2.36. The van der Waals surface area contributed by atoms with Crippen LogP contribution >= 0.6 is 0 Å². The lowest BCUT2D eigenvalue weighted by molar-refractivity contribution is 0.145. The van der Waals surface area contributed by atoms with Gasteiger partial charge in [-0.25, -0.2) is 4.98 Å². The summed E-state index contributed by atoms with van der Waals surface area (Å²) >= 11 is 0. The molecule has 92 valence electrons. The van der Waals surface area contributed by atoms with Crippen LogP contribution in [0, 0.1) is 0 Å². The molecule has 6 nitrogen and oxygen atoms in total. The molecule has 0 bridgehead atoms. The van der Waals surface area contributed by atoms with Crippen LogP contribution in [0.4, 0.5) is 5.82 Å². The van der Waals surface area contributed by atoms with Crippen LogP contribution in [0.2, 0.25) is 0 Å². The minimum absolute atomic E-state index is 0.210. The van der Waals surface area contributed by atoms with Gasteiger partial charge >= 0.3 is 7.32 Å². The van der Waals surface area contributed by atoms with Crippen LogP contribution in [0.3, 0.4) is 0 Å². The van der Waals surface area contributed by atoms with Gasteiger partial charge in [0.1, 0.15) is 11.6 Å². The van der Waals surface area contributed by atoms with Crippen LogP contribution in [0.25, 0.3) is 0 Å². The summed E-state index contributed by atoms with van der Waals surface area (Å²) in [5, 5.41) is 26.6. The molecule has 0 saturated carbocycles. The number of hydrogen-bond acceptors (Lipinski definition) is 6. The maximum atomic E-state index is 9.39. The van der Waals surface area contributed by atoms with E-state index in [1.165, 1.54) is 6.20 Å². The van der Waals surface area contributed by atoms with E-state index in [2.05, 4.69) is 14.5 Å². The maximum absolute atomic E-state index is 9.39. The average Bonchev–Trinajstić information content (AvgIpc) is 2.30. The fraction of sp³-hybridized carbons (Fsp3) is 0.500. The Labute approximate surface area is 99.7 Å². The van der Waals surface area contributed by atoms with Gasteiger partial charge in [-0.3, -0.25) is 0 Å². The van der Waals surface area contributed by atoms with Gasteiger partial charge in [0.2, 0.25) is 0 Å². The van der Waals surface area contributed by atoms with Crippen molar-refractivity contribution in [2.75, 3.05) is 18.0 Å². The van der Waals surface area contributed by atoms with Crippen molar-refractivity contribution < 1.29 is 19.8 Å². The summed E-state index contributed by atoms with van der Waals surface area (Å²) in [7, 11) is -1.83. The van der Waals surface area contributed by atoms with E-state index in [1.54, 1.807) is 12.1 Å². The van der Waals surface area contributed by atoms with E-state index in [4.69, 9.17) is 10.0 Å². The van der Waals surface area contributed by atoms with E-state index in [9.17, 15) is 5.11 Å². The first kappa shape index (κ1) is 12.2. The Bertz CT molecular complexity index is 352. The summed E-state index contributed by atoms with van der Waals surface area (Å²) < 4.78 is 4.66. The summed E-state index contributed by atoms with van der Waals surface area (Å²) in [5.41, 5.74) is 0. The van der Waals surface area contributed by atoms with E-state index >= 15 is 0 Å². The molecule has 7 heteroatoms. The molecule has 1 aromatic heterocycles. The molecule has 1 aromatic rings. The van der Waals surface area contributed by atoms with Gasteiger partial charge in [0.05, 0.1) is 12.3 Å². The highest BCUT2D eigenvalue weighted by molar-refractivity contribution is 6.33. The second kappa shape index (κ2) is 5.35. The molecule has 17 heavy (non-hydrogen) atoms. The quantitative estimate of drug-likeness (QED) is 0.609. The third-order valence-corrected chi connectivity index (χ3v) is 2.75. The Morgan fingerprint density at radius 3 is 2.53 bits per heavy atom. The third kappa shape index (κ3) is 3.32. The topological polar surface area (TPSA) is 86.0 Å². The van der Waals surface area contributed by atoms with Crippen molar-refractivity contribution in [2.45, 2.75) is 18.9 Å². The molecule has 1 aliphatic heterocycles. The number of hydrogen-bond donors (Lipinski definition) is 3. The lowest BCUT2D eigenvalue weighted by atomic mass is 10.1. The molecular formula is C10H15BN2O4. The van der Waals surface area contributed by atoms with Crippen LogP contribution in [0.1, 0.15) is 12.8 Å². The van der Waals surface area contributed by atoms with Gasteiger partial charge in [-0.2, -0.15) is 0 Å². The maximum Gasteiger partial charge on any atom is 0.707 e. The van der Waals surface area contributed by atoms with Crippen molar-refractivity contribution in [1.29, 1.82) is 0 Å². The molecule has 0 amide bonds. The Kier molecular flexibility index (Phi) is 3.83. The van der Waals surface area contributed by atoms with Gasteiger partial charge in [-0.1, -0.05) is 0 Å². The first-order valence-corrected chi connectivity index (χ1v) is 5.57. The highest BCUT2D eigenvalue weighted by Gasteiger charge is 2.18. The van der Waals surface area contributed by atoms with Crippen molar-refractivity contribution in [3.05, 3.63) is 18.3 Å². The van der Waals surface area contributed by atoms with Crippen molar-refractivity contribution >= 4 is 13.1 Å². The van der Waals surface area contributed by atoms with Crippen molar-refractivity contribution in [2.24, 2.45) is 0 Å². The van der Waals surface area contributed by atoms with Crippen molar-refractivity contribution in [1.82, 2.24) is 4.98 Å². The first-order chi connectivity index (χ1) is 8.15.